The van der Waals surface area contributed by atoms with Crippen LogP contribution in [0.25, 0.3) is 0 Å². The lowest BCUT2D eigenvalue weighted by molar-refractivity contribution is -0.127. The molecular formula is C11H16O3. The summed E-state index contributed by atoms with van der Waals surface area (Å²) < 4.78 is 10.4. The van der Waals surface area contributed by atoms with E-state index in [2.05, 4.69) is 0 Å². The summed E-state index contributed by atoms with van der Waals surface area (Å²) in [5.74, 6) is 1.00. The Balaban J connectivity index is 1.94. The van der Waals surface area contributed by atoms with Gasteiger partial charge in [-0.15, -0.1) is 0 Å². The fraction of sp³-hybridized carbons (Fsp3) is 0.727. The van der Waals surface area contributed by atoms with E-state index in [1.54, 1.807) is 13.2 Å². The van der Waals surface area contributed by atoms with E-state index in [9.17, 15) is 4.79 Å². The molecule has 0 saturated heterocycles. The fourth-order valence-electron chi connectivity index (χ4n) is 2.37. The standard InChI is InChI=1S/C11H16O3/c1-13-7-14-10-5-8-2-3-11(12)9(4-8)6-10/h2-3,8-10H,4-7H2,1H3/t8-,9+,10-/m1/s1. The number of methoxy groups -OCH3 is 1. The topological polar surface area (TPSA) is 35.5 Å². The van der Waals surface area contributed by atoms with Gasteiger partial charge in [0.25, 0.3) is 0 Å². The van der Waals surface area contributed by atoms with Gasteiger partial charge in [-0.3, -0.25) is 4.79 Å². The SMILES string of the molecule is COCO[C@@H]1C[C@@H]2C=CC(=O)[C@@H](C2)C1. The summed E-state index contributed by atoms with van der Waals surface area (Å²) in [5, 5.41) is 0. The van der Waals surface area contributed by atoms with Crippen molar-refractivity contribution in [2.24, 2.45) is 11.8 Å². The Morgan fingerprint density at radius 1 is 1.43 bits per heavy atom. The van der Waals surface area contributed by atoms with E-state index in [0.29, 0.717) is 12.7 Å². The second-order valence-corrected chi connectivity index (χ2v) is 4.12. The van der Waals surface area contributed by atoms with Gasteiger partial charge >= 0.3 is 0 Å². The summed E-state index contributed by atoms with van der Waals surface area (Å²) in [6.45, 7) is 0.335. The van der Waals surface area contributed by atoms with Crippen molar-refractivity contribution < 1.29 is 14.3 Å². The van der Waals surface area contributed by atoms with Gasteiger partial charge in [0.2, 0.25) is 0 Å². The molecular weight excluding hydrogens is 180 g/mol. The molecule has 3 nitrogen and oxygen atoms in total. The van der Waals surface area contributed by atoms with Crippen LogP contribution in [-0.2, 0) is 14.3 Å². The number of ketones is 1. The van der Waals surface area contributed by atoms with Crippen LogP contribution >= 0.6 is 0 Å². The van der Waals surface area contributed by atoms with Crippen LogP contribution in [-0.4, -0.2) is 25.8 Å². The minimum Gasteiger partial charge on any atom is -0.359 e. The second-order valence-electron chi connectivity index (χ2n) is 4.12. The van der Waals surface area contributed by atoms with Crippen molar-refractivity contribution in [2.75, 3.05) is 13.9 Å². The maximum atomic E-state index is 11.5. The third-order valence-corrected chi connectivity index (χ3v) is 3.06. The number of hydrogen-bond acceptors (Lipinski definition) is 3. The molecule has 0 aliphatic heterocycles. The molecule has 0 unspecified atom stereocenters. The van der Waals surface area contributed by atoms with Crippen molar-refractivity contribution in [1.82, 2.24) is 0 Å². The summed E-state index contributed by atoms with van der Waals surface area (Å²) in [7, 11) is 1.62. The molecule has 14 heavy (non-hydrogen) atoms. The molecule has 2 aliphatic carbocycles. The van der Waals surface area contributed by atoms with Crippen LogP contribution < -0.4 is 0 Å². The Morgan fingerprint density at radius 2 is 2.29 bits per heavy atom. The Morgan fingerprint density at radius 3 is 3.07 bits per heavy atom. The summed E-state index contributed by atoms with van der Waals surface area (Å²) in [4.78, 5) is 11.5. The number of allylic oxidation sites excluding steroid dienone is 2. The Kier molecular flexibility index (Phi) is 2.99. The first-order valence-corrected chi connectivity index (χ1v) is 5.12. The summed E-state index contributed by atoms with van der Waals surface area (Å²) >= 11 is 0. The van der Waals surface area contributed by atoms with Crippen LogP contribution in [0, 0.1) is 11.8 Å². The summed E-state index contributed by atoms with van der Waals surface area (Å²) in [6, 6.07) is 0. The predicted molar refractivity (Wildman–Crippen MR) is 51.7 cm³/mol. The highest BCUT2D eigenvalue weighted by molar-refractivity contribution is 5.92. The van der Waals surface area contributed by atoms with Gasteiger partial charge in [-0.05, 0) is 31.3 Å². The van der Waals surface area contributed by atoms with Crippen molar-refractivity contribution in [1.29, 1.82) is 0 Å². The number of carbonyl (C=O) groups excluding carboxylic acids is 1. The Hall–Kier alpha value is -0.670. The lowest BCUT2D eigenvalue weighted by atomic mass is 9.74. The first kappa shape index (κ1) is 9.87. The van der Waals surface area contributed by atoms with Crippen molar-refractivity contribution in [3.05, 3.63) is 12.2 Å². The molecule has 0 N–H and O–H groups in total. The van der Waals surface area contributed by atoms with E-state index in [1.807, 2.05) is 6.08 Å². The van der Waals surface area contributed by atoms with E-state index in [4.69, 9.17) is 9.47 Å². The van der Waals surface area contributed by atoms with Gasteiger partial charge in [0.05, 0.1) is 6.10 Å². The lowest BCUT2D eigenvalue weighted by Crippen LogP contribution is -2.34. The normalized spacial score (nSPS) is 36.1. The van der Waals surface area contributed by atoms with Gasteiger partial charge in [-0.2, -0.15) is 0 Å². The van der Waals surface area contributed by atoms with E-state index in [0.717, 1.165) is 19.3 Å². The van der Waals surface area contributed by atoms with Crippen molar-refractivity contribution >= 4 is 5.78 Å². The van der Waals surface area contributed by atoms with Crippen molar-refractivity contribution in [3.8, 4) is 0 Å². The molecule has 0 aromatic carbocycles. The summed E-state index contributed by atoms with van der Waals surface area (Å²) in [5.41, 5.74) is 0. The molecule has 3 heteroatoms. The van der Waals surface area contributed by atoms with Crippen molar-refractivity contribution in [2.45, 2.75) is 25.4 Å². The largest absolute Gasteiger partial charge is 0.359 e. The number of fused-ring (bicyclic) bond motifs is 2. The number of rotatable bonds is 3. The van der Waals surface area contributed by atoms with Crippen LogP contribution in [0.15, 0.2) is 12.2 Å². The smallest absolute Gasteiger partial charge is 0.158 e. The molecule has 0 radical (unpaired) electrons. The van der Waals surface area contributed by atoms with Gasteiger partial charge in [-0.1, -0.05) is 6.08 Å². The van der Waals surface area contributed by atoms with Crippen LogP contribution in [0.3, 0.4) is 0 Å². The maximum absolute atomic E-state index is 11.5. The van der Waals surface area contributed by atoms with E-state index < -0.39 is 0 Å². The minimum absolute atomic E-state index is 0.195. The van der Waals surface area contributed by atoms with Gasteiger partial charge < -0.3 is 9.47 Å². The Labute approximate surface area is 84.1 Å². The molecule has 78 valence electrons. The van der Waals surface area contributed by atoms with Crippen LogP contribution in [0.4, 0.5) is 0 Å². The molecule has 1 saturated carbocycles. The molecule has 2 bridgehead atoms. The van der Waals surface area contributed by atoms with E-state index in [-0.39, 0.29) is 17.8 Å². The van der Waals surface area contributed by atoms with Gasteiger partial charge in [-0.25, -0.2) is 0 Å². The highest BCUT2D eigenvalue weighted by Crippen LogP contribution is 2.35. The molecule has 0 aromatic heterocycles. The van der Waals surface area contributed by atoms with Gasteiger partial charge in [0.15, 0.2) is 5.78 Å². The highest BCUT2D eigenvalue weighted by Gasteiger charge is 2.34. The van der Waals surface area contributed by atoms with E-state index >= 15 is 0 Å². The molecule has 0 spiro atoms. The number of ether oxygens (including phenoxy) is 2. The molecule has 0 heterocycles. The van der Waals surface area contributed by atoms with E-state index in [1.165, 1.54) is 0 Å². The quantitative estimate of drug-likeness (QED) is 0.642. The first-order valence-electron chi connectivity index (χ1n) is 5.12. The van der Waals surface area contributed by atoms with Crippen LogP contribution in [0.1, 0.15) is 19.3 Å². The third kappa shape index (κ3) is 2.04. The lowest BCUT2D eigenvalue weighted by Gasteiger charge is -2.34. The summed E-state index contributed by atoms with van der Waals surface area (Å²) in [6.07, 6.45) is 6.88. The zero-order valence-corrected chi connectivity index (χ0v) is 8.44. The zero-order chi connectivity index (χ0) is 9.97. The van der Waals surface area contributed by atoms with Gasteiger partial charge in [0.1, 0.15) is 6.79 Å². The first-order chi connectivity index (χ1) is 6.79. The average Bonchev–Trinajstić information content (AvgIpc) is 2.21. The van der Waals surface area contributed by atoms with Crippen molar-refractivity contribution in [3.63, 3.8) is 0 Å². The zero-order valence-electron chi connectivity index (χ0n) is 8.44. The molecule has 0 aromatic rings. The predicted octanol–water partition coefficient (Wildman–Crippen LogP) is 1.53. The Bertz CT molecular complexity index is 247. The number of carbonyl (C=O) groups is 1. The highest BCUT2D eigenvalue weighted by atomic mass is 16.7. The van der Waals surface area contributed by atoms with Crippen LogP contribution in [0.2, 0.25) is 0 Å². The minimum atomic E-state index is 0.195. The average molecular weight is 196 g/mol. The molecule has 3 atom stereocenters. The van der Waals surface area contributed by atoms with Crippen LogP contribution in [0.5, 0.6) is 0 Å². The molecule has 2 aliphatic rings. The number of hydrogen-bond donors (Lipinski definition) is 0. The van der Waals surface area contributed by atoms with Gasteiger partial charge in [0, 0.05) is 13.0 Å². The fourth-order valence-corrected chi connectivity index (χ4v) is 2.37. The maximum Gasteiger partial charge on any atom is 0.158 e. The molecule has 2 rings (SSSR count). The molecule has 0 amide bonds. The third-order valence-electron chi connectivity index (χ3n) is 3.06. The second kappa shape index (κ2) is 4.24. The monoisotopic (exact) mass is 196 g/mol. The molecule has 1 fully saturated rings.